The number of nitrogens with one attached hydrogen (secondary N) is 1. The molecule has 1 aromatic rings. The van der Waals surface area contributed by atoms with E-state index in [2.05, 4.69) is 29.3 Å². The SMILES string of the molecule is Cc1ccccc1CC(=O)N1CC2CNCC(C2)C1. The Bertz CT molecular complexity index is 460. The summed E-state index contributed by atoms with van der Waals surface area (Å²) in [6.45, 7) is 6.11. The number of hydrogen-bond donors (Lipinski definition) is 1. The van der Waals surface area contributed by atoms with Crippen LogP contribution in [0.4, 0.5) is 0 Å². The van der Waals surface area contributed by atoms with Gasteiger partial charge in [0, 0.05) is 13.1 Å². The second-order valence-electron chi connectivity index (χ2n) is 6.03. The topological polar surface area (TPSA) is 32.3 Å². The molecule has 2 atom stereocenters. The molecule has 2 aliphatic heterocycles. The second-order valence-corrected chi connectivity index (χ2v) is 6.03. The van der Waals surface area contributed by atoms with Gasteiger partial charge in [-0.1, -0.05) is 24.3 Å². The van der Waals surface area contributed by atoms with Crippen molar-refractivity contribution in [3.05, 3.63) is 35.4 Å². The average molecular weight is 258 g/mol. The summed E-state index contributed by atoms with van der Waals surface area (Å²) in [6.07, 6.45) is 1.85. The minimum atomic E-state index is 0.297. The molecule has 2 saturated heterocycles. The zero-order valence-corrected chi connectivity index (χ0v) is 11.6. The molecule has 2 unspecified atom stereocenters. The van der Waals surface area contributed by atoms with Gasteiger partial charge in [0.15, 0.2) is 0 Å². The van der Waals surface area contributed by atoms with E-state index in [4.69, 9.17) is 0 Å². The predicted molar refractivity (Wildman–Crippen MR) is 75.9 cm³/mol. The normalized spacial score (nSPS) is 26.3. The van der Waals surface area contributed by atoms with Crippen LogP contribution in [0.3, 0.4) is 0 Å². The van der Waals surface area contributed by atoms with Gasteiger partial charge in [-0.2, -0.15) is 0 Å². The zero-order chi connectivity index (χ0) is 13.2. The number of amides is 1. The maximum absolute atomic E-state index is 12.5. The number of nitrogens with zero attached hydrogens (tertiary/aromatic N) is 1. The fourth-order valence-corrected chi connectivity index (χ4v) is 3.39. The van der Waals surface area contributed by atoms with Crippen LogP contribution in [0.1, 0.15) is 17.5 Å². The molecule has 2 fully saturated rings. The molecular weight excluding hydrogens is 236 g/mol. The Balaban J connectivity index is 1.66. The minimum absolute atomic E-state index is 0.297. The molecule has 0 spiro atoms. The highest BCUT2D eigenvalue weighted by atomic mass is 16.2. The molecule has 1 N–H and O–H groups in total. The molecule has 1 amide bonds. The summed E-state index contributed by atoms with van der Waals surface area (Å²) in [5.41, 5.74) is 2.39. The van der Waals surface area contributed by atoms with Crippen molar-refractivity contribution in [2.75, 3.05) is 26.2 Å². The molecule has 0 aromatic heterocycles. The zero-order valence-electron chi connectivity index (χ0n) is 11.6. The third-order valence-electron chi connectivity index (χ3n) is 4.45. The van der Waals surface area contributed by atoms with Crippen molar-refractivity contribution in [2.24, 2.45) is 11.8 Å². The highest BCUT2D eigenvalue weighted by molar-refractivity contribution is 5.79. The van der Waals surface area contributed by atoms with Gasteiger partial charge in [-0.3, -0.25) is 4.79 Å². The van der Waals surface area contributed by atoms with Gasteiger partial charge in [0.05, 0.1) is 6.42 Å². The van der Waals surface area contributed by atoms with Gasteiger partial charge >= 0.3 is 0 Å². The summed E-state index contributed by atoms with van der Waals surface area (Å²) >= 11 is 0. The van der Waals surface area contributed by atoms with Crippen molar-refractivity contribution in [3.8, 4) is 0 Å². The molecule has 102 valence electrons. The van der Waals surface area contributed by atoms with Crippen LogP contribution in [0.15, 0.2) is 24.3 Å². The van der Waals surface area contributed by atoms with E-state index in [0.29, 0.717) is 24.2 Å². The predicted octanol–water partition coefficient (Wildman–Crippen LogP) is 1.61. The Kier molecular flexibility index (Phi) is 3.56. The number of fused-ring (bicyclic) bond motifs is 2. The van der Waals surface area contributed by atoms with E-state index in [0.717, 1.165) is 26.2 Å². The first-order valence-electron chi connectivity index (χ1n) is 7.25. The summed E-state index contributed by atoms with van der Waals surface area (Å²) in [5, 5.41) is 3.47. The quantitative estimate of drug-likeness (QED) is 0.874. The number of piperidine rings is 2. The van der Waals surface area contributed by atoms with Crippen molar-refractivity contribution in [3.63, 3.8) is 0 Å². The Morgan fingerprint density at radius 3 is 2.63 bits per heavy atom. The van der Waals surface area contributed by atoms with Gasteiger partial charge < -0.3 is 10.2 Å². The molecule has 3 nitrogen and oxygen atoms in total. The first kappa shape index (κ1) is 12.7. The van der Waals surface area contributed by atoms with Crippen molar-refractivity contribution in [1.29, 1.82) is 0 Å². The summed E-state index contributed by atoms with van der Waals surface area (Å²) in [5.74, 6) is 1.62. The molecule has 2 aliphatic rings. The number of likely N-dealkylation sites (tertiary alicyclic amines) is 1. The van der Waals surface area contributed by atoms with Crippen molar-refractivity contribution in [2.45, 2.75) is 19.8 Å². The Labute approximate surface area is 115 Å². The molecule has 0 saturated carbocycles. The third-order valence-corrected chi connectivity index (χ3v) is 4.45. The van der Waals surface area contributed by atoms with Gasteiger partial charge in [-0.15, -0.1) is 0 Å². The summed E-state index contributed by atoms with van der Waals surface area (Å²) in [4.78, 5) is 14.5. The van der Waals surface area contributed by atoms with E-state index >= 15 is 0 Å². The van der Waals surface area contributed by atoms with Crippen LogP contribution in [0.2, 0.25) is 0 Å². The van der Waals surface area contributed by atoms with Gasteiger partial charge in [0.1, 0.15) is 0 Å². The largest absolute Gasteiger partial charge is 0.342 e. The fraction of sp³-hybridized carbons (Fsp3) is 0.562. The third kappa shape index (κ3) is 2.81. The Morgan fingerprint density at radius 1 is 1.26 bits per heavy atom. The molecule has 0 radical (unpaired) electrons. The maximum Gasteiger partial charge on any atom is 0.227 e. The van der Waals surface area contributed by atoms with E-state index in [1.165, 1.54) is 17.5 Å². The van der Waals surface area contributed by atoms with Crippen molar-refractivity contribution < 1.29 is 4.79 Å². The highest BCUT2D eigenvalue weighted by Crippen LogP contribution is 2.25. The molecule has 0 aliphatic carbocycles. The number of rotatable bonds is 2. The number of benzene rings is 1. The van der Waals surface area contributed by atoms with E-state index in [1.807, 2.05) is 12.1 Å². The van der Waals surface area contributed by atoms with Gasteiger partial charge in [-0.05, 0) is 49.4 Å². The van der Waals surface area contributed by atoms with Gasteiger partial charge in [-0.25, -0.2) is 0 Å². The molecular formula is C16H22N2O. The summed E-state index contributed by atoms with van der Waals surface area (Å²) in [6, 6.07) is 8.20. The lowest BCUT2D eigenvalue weighted by molar-refractivity contribution is -0.133. The number of carbonyl (C=O) groups excluding carboxylic acids is 1. The van der Waals surface area contributed by atoms with E-state index in [9.17, 15) is 4.79 Å². The van der Waals surface area contributed by atoms with Gasteiger partial charge in [0.2, 0.25) is 5.91 Å². The van der Waals surface area contributed by atoms with Gasteiger partial charge in [0.25, 0.3) is 0 Å². The van der Waals surface area contributed by atoms with E-state index < -0.39 is 0 Å². The molecule has 2 bridgehead atoms. The number of carbonyl (C=O) groups is 1. The molecule has 19 heavy (non-hydrogen) atoms. The number of aryl methyl sites for hydroxylation is 1. The second kappa shape index (κ2) is 5.33. The molecule has 2 heterocycles. The van der Waals surface area contributed by atoms with Crippen LogP contribution in [-0.2, 0) is 11.2 Å². The standard InChI is InChI=1S/C16H22N2O/c1-12-4-2-3-5-15(12)7-16(19)18-10-13-6-14(11-18)9-17-8-13/h2-5,13-14,17H,6-11H2,1H3. The Hall–Kier alpha value is -1.35. The van der Waals surface area contributed by atoms with Crippen molar-refractivity contribution in [1.82, 2.24) is 10.2 Å². The first-order chi connectivity index (χ1) is 9.22. The lowest BCUT2D eigenvalue weighted by Crippen LogP contribution is -2.53. The van der Waals surface area contributed by atoms with E-state index in [-0.39, 0.29) is 0 Å². The smallest absolute Gasteiger partial charge is 0.227 e. The molecule has 1 aromatic carbocycles. The van der Waals surface area contributed by atoms with Crippen LogP contribution < -0.4 is 5.32 Å². The molecule has 3 heteroatoms. The van der Waals surface area contributed by atoms with Crippen LogP contribution >= 0.6 is 0 Å². The lowest BCUT2D eigenvalue weighted by Gasteiger charge is -2.41. The molecule has 3 rings (SSSR count). The number of hydrogen-bond acceptors (Lipinski definition) is 2. The van der Waals surface area contributed by atoms with Crippen LogP contribution in [0.25, 0.3) is 0 Å². The summed E-state index contributed by atoms with van der Waals surface area (Å²) < 4.78 is 0. The monoisotopic (exact) mass is 258 g/mol. The fourth-order valence-electron chi connectivity index (χ4n) is 3.39. The first-order valence-corrected chi connectivity index (χ1v) is 7.25. The van der Waals surface area contributed by atoms with Crippen LogP contribution in [0.5, 0.6) is 0 Å². The highest BCUT2D eigenvalue weighted by Gasteiger charge is 2.32. The van der Waals surface area contributed by atoms with Crippen LogP contribution in [0, 0.1) is 18.8 Å². The summed E-state index contributed by atoms with van der Waals surface area (Å²) in [7, 11) is 0. The minimum Gasteiger partial charge on any atom is -0.342 e. The Morgan fingerprint density at radius 2 is 1.95 bits per heavy atom. The maximum atomic E-state index is 12.5. The van der Waals surface area contributed by atoms with Crippen molar-refractivity contribution >= 4 is 5.91 Å². The average Bonchev–Trinajstić information content (AvgIpc) is 2.41. The van der Waals surface area contributed by atoms with Crippen LogP contribution in [-0.4, -0.2) is 37.0 Å². The lowest BCUT2D eigenvalue weighted by atomic mass is 9.85. The van der Waals surface area contributed by atoms with E-state index in [1.54, 1.807) is 0 Å².